The van der Waals surface area contributed by atoms with E-state index in [2.05, 4.69) is 53.3 Å². The SMILES string of the molecule is CC(C)(C)OC(=O)N1CCN(c2nc(OCC34CCCN3CCC4)nc3c(F)c(Br)c(I)cc23)CC1. The van der Waals surface area contributed by atoms with E-state index in [1.54, 1.807) is 4.90 Å². The van der Waals surface area contributed by atoms with Crippen molar-refractivity contribution in [3.8, 4) is 6.01 Å². The maximum absolute atomic E-state index is 15.4. The summed E-state index contributed by atoms with van der Waals surface area (Å²) >= 11 is 5.47. The van der Waals surface area contributed by atoms with E-state index < -0.39 is 11.4 Å². The zero-order valence-corrected chi connectivity index (χ0v) is 24.7. The van der Waals surface area contributed by atoms with Crippen molar-refractivity contribution in [1.82, 2.24) is 19.8 Å². The molecule has 1 aromatic heterocycles. The summed E-state index contributed by atoms with van der Waals surface area (Å²) in [4.78, 5) is 28.1. The van der Waals surface area contributed by atoms with Crippen LogP contribution >= 0.6 is 38.5 Å². The fraction of sp³-hybridized carbons (Fsp3) is 0.640. The molecule has 2 aromatic rings. The van der Waals surface area contributed by atoms with Crippen LogP contribution in [-0.2, 0) is 4.74 Å². The lowest BCUT2D eigenvalue weighted by Gasteiger charge is -2.36. The van der Waals surface area contributed by atoms with Gasteiger partial charge in [-0.2, -0.15) is 9.97 Å². The number of hydrogen-bond acceptors (Lipinski definition) is 7. The van der Waals surface area contributed by atoms with Gasteiger partial charge in [-0.1, -0.05) is 0 Å². The molecule has 0 radical (unpaired) electrons. The van der Waals surface area contributed by atoms with E-state index >= 15 is 4.39 Å². The van der Waals surface area contributed by atoms with E-state index in [4.69, 9.17) is 14.5 Å². The molecule has 0 saturated carbocycles. The highest BCUT2D eigenvalue weighted by molar-refractivity contribution is 14.1. The second kappa shape index (κ2) is 10.0. The molecule has 3 saturated heterocycles. The Balaban J connectivity index is 1.41. The summed E-state index contributed by atoms with van der Waals surface area (Å²) in [6.07, 6.45) is 4.25. The Bertz CT molecular complexity index is 1160. The van der Waals surface area contributed by atoms with Gasteiger partial charge >= 0.3 is 12.1 Å². The van der Waals surface area contributed by atoms with Crippen molar-refractivity contribution in [3.63, 3.8) is 0 Å². The molecule has 3 aliphatic heterocycles. The van der Waals surface area contributed by atoms with Crippen LogP contribution in [0.1, 0.15) is 46.5 Å². The molecule has 196 valence electrons. The van der Waals surface area contributed by atoms with Crippen LogP contribution < -0.4 is 9.64 Å². The van der Waals surface area contributed by atoms with E-state index in [1.165, 1.54) is 12.8 Å². The third-order valence-corrected chi connectivity index (χ3v) is 9.67. The summed E-state index contributed by atoms with van der Waals surface area (Å²) in [6.45, 7) is 10.4. The highest BCUT2D eigenvalue weighted by Crippen LogP contribution is 2.40. The first-order valence-electron chi connectivity index (χ1n) is 12.5. The summed E-state index contributed by atoms with van der Waals surface area (Å²) in [5.74, 6) is 0.217. The number of hydrogen-bond donors (Lipinski definition) is 0. The highest BCUT2D eigenvalue weighted by Gasteiger charge is 2.45. The summed E-state index contributed by atoms with van der Waals surface area (Å²) in [6, 6.07) is 2.10. The lowest BCUT2D eigenvalue weighted by atomic mass is 9.95. The van der Waals surface area contributed by atoms with E-state index in [1.807, 2.05) is 26.8 Å². The van der Waals surface area contributed by atoms with Gasteiger partial charge in [-0.25, -0.2) is 9.18 Å². The number of amides is 1. The molecule has 11 heteroatoms. The molecule has 8 nitrogen and oxygen atoms in total. The Kier molecular flexibility index (Phi) is 7.27. The van der Waals surface area contributed by atoms with Crippen molar-refractivity contribution < 1.29 is 18.7 Å². The zero-order valence-electron chi connectivity index (χ0n) is 21.0. The third-order valence-electron chi connectivity index (χ3n) is 7.30. The number of benzene rings is 1. The van der Waals surface area contributed by atoms with Crippen LogP contribution in [0.4, 0.5) is 15.0 Å². The summed E-state index contributed by atoms with van der Waals surface area (Å²) in [7, 11) is 0. The van der Waals surface area contributed by atoms with Gasteiger partial charge in [0.15, 0.2) is 5.82 Å². The number of ether oxygens (including phenoxy) is 2. The Labute approximate surface area is 233 Å². The minimum Gasteiger partial charge on any atom is -0.461 e. The minimum absolute atomic E-state index is 0.0444. The quantitative estimate of drug-likeness (QED) is 0.326. The normalized spacial score (nSPS) is 20.2. The van der Waals surface area contributed by atoms with Gasteiger partial charge in [0.2, 0.25) is 0 Å². The number of nitrogens with zero attached hydrogens (tertiary/aromatic N) is 5. The van der Waals surface area contributed by atoms with Crippen molar-refractivity contribution in [1.29, 1.82) is 0 Å². The lowest BCUT2D eigenvalue weighted by molar-refractivity contribution is 0.0240. The molecule has 0 unspecified atom stereocenters. The van der Waals surface area contributed by atoms with E-state index in [0.717, 1.165) is 29.5 Å². The molecular formula is C25H32BrFIN5O3. The molecule has 3 aliphatic rings. The largest absolute Gasteiger partial charge is 0.461 e. The van der Waals surface area contributed by atoms with Crippen LogP contribution in [0.3, 0.4) is 0 Å². The number of rotatable bonds is 4. The van der Waals surface area contributed by atoms with Crippen molar-refractivity contribution in [2.45, 2.75) is 57.6 Å². The molecule has 0 spiro atoms. The van der Waals surface area contributed by atoms with Gasteiger partial charge in [0, 0.05) is 35.1 Å². The number of halogens is 3. The van der Waals surface area contributed by atoms with E-state index in [-0.39, 0.29) is 23.2 Å². The maximum Gasteiger partial charge on any atom is 0.410 e. The molecule has 0 aliphatic carbocycles. The fourth-order valence-corrected chi connectivity index (χ4v) is 6.38. The smallest absolute Gasteiger partial charge is 0.410 e. The van der Waals surface area contributed by atoms with Gasteiger partial charge in [0.25, 0.3) is 0 Å². The predicted octanol–water partition coefficient (Wildman–Crippen LogP) is 5.20. The zero-order chi connectivity index (χ0) is 25.7. The van der Waals surface area contributed by atoms with E-state index in [0.29, 0.717) is 48.5 Å². The van der Waals surface area contributed by atoms with E-state index in [9.17, 15) is 4.79 Å². The monoisotopic (exact) mass is 675 g/mol. The molecule has 4 heterocycles. The molecule has 36 heavy (non-hydrogen) atoms. The Morgan fingerprint density at radius 2 is 1.81 bits per heavy atom. The molecule has 1 amide bonds. The van der Waals surface area contributed by atoms with Gasteiger partial charge in [-0.05, 0) is 104 Å². The number of anilines is 1. The first-order chi connectivity index (χ1) is 17.1. The first-order valence-corrected chi connectivity index (χ1v) is 14.4. The van der Waals surface area contributed by atoms with Gasteiger partial charge < -0.3 is 19.3 Å². The Morgan fingerprint density at radius 1 is 1.14 bits per heavy atom. The highest BCUT2D eigenvalue weighted by atomic mass is 127. The van der Waals surface area contributed by atoms with Gasteiger partial charge in [0.05, 0.1) is 10.0 Å². The molecule has 0 N–H and O–H groups in total. The lowest BCUT2D eigenvalue weighted by Crippen LogP contribution is -2.50. The molecule has 0 bridgehead atoms. The topological polar surface area (TPSA) is 71.0 Å². The maximum atomic E-state index is 15.4. The number of carbonyl (C=O) groups excluding carboxylic acids is 1. The molecule has 3 fully saturated rings. The predicted molar refractivity (Wildman–Crippen MR) is 148 cm³/mol. The van der Waals surface area contributed by atoms with Crippen molar-refractivity contribution in [3.05, 3.63) is 19.9 Å². The molecule has 1 aromatic carbocycles. The standard InChI is InChI=1S/C25H32BrFIN5O3/c1-24(2,3)36-23(34)32-12-10-31(11-13-32)21-16-14-17(28)18(26)19(27)20(16)29-22(30-21)35-15-25-6-4-8-33(25)9-5-7-25/h14H,4-13,15H2,1-3H3. The van der Waals surface area contributed by atoms with Crippen LogP contribution in [0.15, 0.2) is 10.5 Å². The Morgan fingerprint density at radius 3 is 2.44 bits per heavy atom. The second-order valence-electron chi connectivity index (χ2n) is 10.9. The van der Waals surface area contributed by atoms with Crippen molar-refractivity contribution in [2.75, 3.05) is 50.8 Å². The number of aromatic nitrogens is 2. The first kappa shape index (κ1) is 26.1. The van der Waals surface area contributed by atoms with Gasteiger partial charge in [-0.3, -0.25) is 4.90 Å². The average Bonchev–Trinajstić information content (AvgIpc) is 3.41. The number of piperazine rings is 1. The van der Waals surface area contributed by atoms with Crippen LogP contribution in [0.5, 0.6) is 6.01 Å². The van der Waals surface area contributed by atoms with Crippen LogP contribution in [0.2, 0.25) is 0 Å². The van der Waals surface area contributed by atoms with Crippen molar-refractivity contribution in [2.24, 2.45) is 0 Å². The van der Waals surface area contributed by atoms with Crippen LogP contribution in [0.25, 0.3) is 10.9 Å². The number of carbonyl (C=O) groups is 1. The summed E-state index contributed by atoms with van der Waals surface area (Å²) in [5, 5.41) is 0.639. The summed E-state index contributed by atoms with van der Waals surface area (Å²) < 4.78 is 28.2. The molecular weight excluding hydrogens is 644 g/mol. The fourth-order valence-electron chi connectivity index (χ4n) is 5.53. The summed E-state index contributed by atoms with van der Waals surface area (Å²) in [5.41, 5.74) is -0.259. The van der Waals surface area contributed by atoms with Gasteiger partial charge in [-0.15, -0.1) is 0 Å². The average molecular weight is 676 g/mol. The Hall–Kier alpha value is -1.47. The number of fused-ring (bicyclic) bond motifs is 2. The molecule has 5 rings (SSSR count). The minimum atomic E-state index is -0.543. The van der Waals surface area contributed by atoms with Crippen LogP contribution in [0, 0.1) is 9.39 Å². The van der Waals surface area contributed by atoms with Crippen molar-refractivity contribution >= 4 is 61.3 Å². The van der Waals surface area contributed by atoms with Crippen LogP contribution in [-0.4, -0.2) is 82.9 Å². The third kappa shape index (κ3) is 5.11. The molecule has 0 atom stereocenters. The second-order valence-corrected chi connectivity index (χ2v) is 12.8. The van der Waals surface area contributed by atoms with Gasteiger partial charge in [0.1, 0.15) is 23.5 Å².